The maximum Gasteiger partial charge on any atom is 0.129 e. The minimum Gasteiger partial charge on any atom is -0.491 e. The number of imidazole rings is 1. The van der Waals surface area contributed by atoms with Gasteiger partial charge in [-0.25, -0.2) is 9.97 Å². The highest BCUT2D eigenvalue weighted by atomic mass is 35.5. The van der Waals surface area contributed by atoms with Crippen LogP contribution in [0.4, 0.5) is 0 Å². The van der Waals surface area contributed by atoms with E-state index in [-0.39, 0.29) is 0 Å². The van der Waals surface area contributed by atoms with Crippen molar-refractivity contribution >= 4 is 22.4 Å². The summed E-state index contributed by atoms with van der Waals surface area (Å²) >= 11 is 6.07. The molecule has 0 unspecified atom stereocenters. The Hall–Kier alpha value is -2.07. The molecule has 0 amide bonds. The first-order valence-electron chi connectivity index (χ1n) is 7.75. The molecule has 5 heteroatoms. The van der Waals surface area contributed by atoms with E-state index in [9.17, 15) is 0 Å². The van der Waals surface area contributed by atoms with E-state index in [0.29, 0.717) is 17.7 Å². The molecule has 23 heavy (non-hydrogen) atoms. The molecular weight excluding hydrogens is 310 g/mol. The number of ether oxygens (including phenoxy) is 1. The fraction of sp³-hybridized carbons (Fsp3) is 0.333. The smallest absolute Gasteiger partial charge is 0.129 e. The molecule has 0 N–H and O–H groups in total. The normalized spacial score (nSPS) is 11.3. The minimum atomic E-state index is 0.415. The zero-order chi connectivity index (χ0) is 16.4. The number of fused-ring (bicyclic) bond motifs is 1. The lowest BCUT2D eigenvalue weighted by molar-refractivity contribution is 0.300. The molecule has 3 aromatic rings. The molecule has 120 valence electrons. The number of hydrogen-bond donors (Lipinski definition) is 0. The highest BCUT2D eigenvalue weighted by Crippen LogP contribution is 2.33. The average molecular weight is 330 g/mol. The first-order valence-corrected chi connectivity index (χ1v) is 8.12. The van der Waals surface area contributed by atoms with Crippen LogP contribution in [-0.4, -0.2) is 21.1 Å². The van der Waals surface area contributed by atoms with Crippen LogP contribution in [0.2, 0.25) is 5.15 Å². The molecule has 0 spiro atoms. The lowest BCUT2D eigenvalue weighted by Gasteiger charge is -2.15. The lowest BCUT2D eigenvalue weighted by Crippen LogP contribution is -2.09. The van der Waals surface area contributed by atoms with Gasteiger partial charge in [0.25, 0.3) is 0 Å². The topological polar surface area (TPSA) is 39.9 Å². The molecule has 0 radical (unpaired) electrons. The molecule has 0 saturated heterocycles. The predicted octanol–water partition coefficient (Wildman–Crippen LogP) is 4.60. The fourth-order valence-corrected chi connectivity index (χ4v) is 2.89. The maximum absolute atomic E-state index is 6.07. The molecule has 0 atom stereocenters. The highest BCUT2D eigenvalue weighted by Gasteiger charge is 2.11. The second kappa shape index (κ2) is 6.59. The Bertz CT molecular complexity index is 826. The van der Waals surface area contributed by atoms with Crippen molar-refractivity contribution in [2.45, 2.75) is 33.2 Å². The zero-order valence-corrected chi connectivity index (χ0v) is 14.3. The summed E-state index contributed by atoms with van der Waals surface area (Å²) in [5, 5.41) is 2.62. The number of halogens is 1. The Morgan fingerprint density at radius 1 is 1.22 bits per heavy atom. The quantitative estimate of drug-likeness (QED) is 0.642. The summed E-state index contributed by atoms with van der Waals surface area (Å²) < 4.78 is 8.06. The summed E-state index contributed by atoms with van der Waals surface area (Å²) in [5.74, 6) is 2.24. The Morgan fingerprint density at radius 2 is 2.04 bits per heavy atom. The van der Waals surface area contributed by atoms with Gasteiger partial charge in [-0.15, -0.1) is 0 Å². The van der Waals surface area contributed by atoms with Crippen LogP contribution >= 0.6 is 11.6 Å². The van der Waals surface area contributed by atoms with Gasteiger partial charge in [-0.05, 0) is 35.9 Å². The summed E-state index contributed by atoms with van der Waals surface area (Å²) in [5.41, 5.74) is 1.25. The number of benzene rings is 1. The third-order valence-corrected chi connectivity index (χ3v) is 4.20. The molecule has 2 heterocycles. The molecule has 2 aromatic heterocycles. The van der Waals surface area contributed by atoms with Crippen molar-refractivity contribution in [3.8, 4) is 5.75 Å². The van der Waals surface area contributed by atoms with E-state index >= 15 is 0 Å². The van der Waals surface area contributed by atoms with Crippen molar-refractivity contribution in [2.75, 3.05) is 6.61 Å². The van der Waals surface area contributed by atoms with Crippen LogP contribution in [0.15, 0.2) is 36.8 Å². The molecule has 0 bridgehead atoms. The second-order valence-electron chi connectivity index (χ2n) is 5.88. The molecule has 0 saturated carbocycles. The fourth-order valence-electron chi connectivity index (χ4n) is 2.73. The Kier molecular flexibility index (Phi) is 4.53. The molecule has 0 fully saturated rings. The summed E-state index contributed by atoms with van der Waals surface area (Å²) in [6.07, 6.45) is 5.55. The van der Waals surface area contributed by atoms with E-state index in [4.69, 9.17) is 16.3 Å². The number of nitrogens with zero attached hydrogens (tertiary/aromatic N) is 3. The number of aryl methyl sites for hydroxylation is 1. The monoisotopic (exact) mass is 329 g/mol. The molecular formula is C18H20ClN3O. The Labute approximate surface area is 141 Å². The van der Waals surface area contributed by atoms with Crippen LogP contribution in [0.1, 0.15) is 31.2 Å². The van der Waals surface area contributed by atoms with E-state index in [0.717, 1.165) is 28.9 Å². The van der Waals surface area contributed by atoms with Gasteiger partial charge in [0, 0.05) is 24.0 Å². The number of pyridine rings is 1. The van der Waals surface area contributed by atoms with Crippen molar-refractivity contribution in [2.24, 2.45) is 0 Å². The minimum absolute atomic E-state index is 0.415. The van der Waals surface area contributed by atoms with Crippen molar-refractivity contribution in [1.29, 1.82) is 0 Å². The third-order valence-electron chi connectivity index (χ3n) is 4.00. The largest absolute Gasteiger partial charge is 0.491 e. The van der Waals surface area contributed by atoms with Gasteiger partial charge in [0.05, 0.1) is 6.54 Å². The molecule has 0 aliphatic rings. The molecule has 0 aliphatic heterocycles. The summed E-state index contributed by atoms with van der Waals surface area (Å²) in [7, 11) is 0. The van der Waals surface area contributed by atoms with Gasteiger partial charge in [0.2, 0.25) is 0 Å². The van der Waals surface area contributed by atoms with Gasteiger partial charge < -0.3 is 9.30 Å². The van der Waals surface area contributed by atoms with Crippen LogP contribution in [0.25, 0.3) is 10.8 Å². The van der Waals surface area contributed by atoms with E-state index < -0.39 is 0 Å². The maximum atomic E-state index is 6.07. The predicted molar refractivity (Wildman–Crippen MR) is 93.3 cm³/mol. The summed E-state index contributed by atoms with van der Waals surface area (Å²) in [6.45, 7) is 7.67. The lowest BCUT2D eigenvalue weighted by atomic mass is 9.97. The van der Waals surface area contributed by atoms with Gasteiger partial charge in [-0.2, -0.15) is 0 Å². The number of hydrogen-bond acceptors (Lipinski definition) is 3. The van der Waals surface area contributed by atoms with E-state index in [1.54, 1.807) is 12.4 Å². The zero-order valence-electron chi connectivity index (χ0n) is 13.6. The van der Waals surface area contributed by atoms with Crippen LogP contribution < -0.4 is 4.74 Å². The molecule has 0 aliphatic carbocycles. The van der Waals surface area contributed by atoms with Crippen molar-refractivity contribution in [1.82, 2.24) is 14.5 Å². The van der Waals surface area contributed by atoms with E-state index in [1.807, 2.05) is 25.3 Å². The average Bonchev–Trinajstić information content (AvgIpc) is 2.92. The van der Waals surface area contributed by atoms with E-state index in [1.165, 1.54) is 5.56 Å². The van der Waals surface area contributed by atoms with Crippen LogP contribution in [0.3, 0.4) is 0 Å². The SMILES string of the molecule is Cc1nccn1CCOc1ccc(C(C)C)c2cc(Cl)ncc12. The number of rotatable bonds is 5. The van der Waals surface area contributed by atoms with Gasteiger partial charge >= 0.3 is 0 Å². The van der Waals surface area contributed by atoms with Gasteiger partial charge in [-0.3, -0.25) is 0 Å². The summed E-state index contributed by atoms with van der Waals surface area (Å²) in [6, 6.07) is 6.05. The third kappa shape index (κ3) is 3.32. The van der Waals surface area contributed by atoms with Crippen LogP contribution in [0, 0.1) is 6.92 Å². The molecule has 1 aromatic carbocycles. The standard InChI is InChI=1S/C18H20ClN3O/c1-12(2)14-4-5-17(16-11-21-18(19)10-15(14)16)23-9-8-22-7-6-20-13(22)3/h4-7,10-12H,8-9H2,1-3H3. The van der Waals surface area contributed by atoms with Crippen LogP contribution in [-0.2, 0) is 6.54 Å². The van der Waals surface area contributed by atoms with E-state index in [2.05, 4.69) is 34.4 Å². The highest BCUT2D eigenvalue weighted by molar-refractivity contribution is 6.30. The van der Waals surface area contributed by atoms with Crippen LogP contribution in [0.5, 0.6) is 5.75 Å². The van der Waals surface area contributed by atoms with Gasteiger partial charge in [0.1, 0.15) is 23.3 Å². The molecule has 3 rings (SSSR count). The van der Waals surface area contributed by atoms with Crippen molar-refractivity contribution in [3.63, 3.8) is 0 Å². The van der Waals surface area contributed by atoms with Crippen molar-refractivity contribution in [3.05, 3.63) is 53.3 Å². The molecule has 4 nitrogen and oxygen atoms in total. The van der Waals surface area contributed by atoms with Gasteiger partial charge in [0.15, 0.2) is 0 Å². The number of aromatic nitrogens is 3. The Balaban J connectivity index is 1.86. The first kappa shape index (κ1) is 15.8. The summed E-state index contributed by atoms with van der Waals surface area (Å²) in [4.78, 5) is 8.43. The van der Waals surface area contributed by atoms with Gasteiger partial charge in [-0.1, -0.05) is 31.5 Å². The van der Waals surface area contributed by atoms with Crippen molar-refractivity contribution < 1.29 is 4.74 Å². The first-order chi connectivity index (χ1) is 11.1. The second-order valence-corrected chi connectivity index (χ2v) is 6.26. The Morgan fingerprint density at radius 3 is 2.74 bits per heavy atom.